The van der Waals surface area contributed by atoms with Crippen LogP contribution >= 0.6 is 0 Å². The van der Waals surface area contributed by atoms with E-state index in [2.05, 4.69) is 13.8 Å². The highest BCUT2D eigenvalue weighted by Crippen LogP contribution is 2.64. The van der Waals surface area contributed by atoms with Crippen molar-refractivity contribution in [3.05, 3.63) is 0 Å². The van der Waals surface area contributed by atoms with E-state index < -0.39 is 0 Å². The van der Waals surface area contributed by atoms with Crippen LogP contribution < -0.4 is 11.5 Å². The summed E-state index contributed by atoms with van der Waals surface area (Å²) in [6, 6.07) is 0. The molecule has 4 rings (SSSR count). The minimum atomic E-state index is -0.145. The standard InChI is InChI=1S/C12H22N2/c1-10-4-8-3-9(5-10)7-12(14,6-8)11(10,2)13/h8-9H,3-7,13-14H2,1-2H3. The lowest BCUT2D eigenvalue weighted by atomic mass is 9.40. The average molecular weight is 194 g/mol. The number of hydrogen-bond acceptors (Lipinski definition) is 2. The Kier molecular flexibility index (Phi) is 1.44. The molecule has 2 nitrogen and oxygen atoms in total. The molecule has 0 heterocycles. The molecule has 3 unspecified atom stereocenters. The molecule has 0 amide bonds. The fraction of sp³-hybridized carbons (Fsp3) is 1.00. The normalized spacial score (nSPS) is 66.0. The summed E-state index contributed by atoms with van der Waals surface area (Å²) in [4.78, 5) is 0. The third-order valence-corrected chi connectivity index (χ3v) is 5.74. The van der Waals surface area contributed by atoms with Gasteiger partial charge in [-0.2, -0.15) is 0 Å². The maximum absolute atomic E-state index is 6.56. The van der Waals surface area contributed by atoms with Gasteiger partial charge >= 0.3 is 0 Å². The molecule has 0 radical (unpaired) electrons. The largest absolute Gasteiger partial charge is 0.324 e. The van der Waals surface area contributed by atoms with E-state index in [1.54, 1.807) is 0 Å². The van der Waals surface area contributed by atoms with Crippen LogP contribution in [0.15, 0.2) is 0 Å². The minimum Gasteiger partial charge on any atom is -0.324 e. The topological polar surface area (TPSA) is 52.0 Å². The van der Waals surface area contributed by atoms with Crippen molar-refractivity contribution in [1.82, 2.24) is 0 Å². The molecule has 4 bridgehead atoms. The number of hydrogen-bond donors (Lipinski definition) is 2. The molecule has 14 heavy (non-hydrogen) atoms. The van der Waals surface area contributed by atoms with Crippen LogP contribution in [0.3, 0.4) is 0 Å². The van der Waals surface area contributed by atoms with E-state index in [1.807, 2.05) is 0 Å². The summed E-state index contributed by atoms with van der Waals surface area (Å²) in [7, 11) is 0. The molecule has 0 aliphatic heterocycles. The minimum absolute atomic E-state index is 0.0637. The number of rotatable bonds is 0. The summed E-state index contributed by atoms with van der Waals surface area (Å²) in [5.74, 6) is 1.74. The van der Waals surface area contributed by atoms with Gasteiger partial charge in [0.15, 0.2) is 0 Å². The molecule has 4 saturated carbocycles. The summed E-state index contributed by atoms with van der Waals surface area (Å²) < 4.78 is 0. The van der Waals surface area contributed by atoms with Crippen molar-refractivity contribution in [2.75, 3.05) is 0 Å². The summed E-state index contributed by atoms with van der Waals surface area (Å²) in [6.45, 7) is 4.57. The fourth-order valence-corrected chi connectivity index (χ4v) is 4.87. The van der Waals surface area contributed by atoms with E-state index >= 15 is 0 Å². The van der Waals surface area contributed by atoms with Crippen molar-refractivity contribution in [3.8, 4) is 0 Å². The van der Waals surface area contributed by atoms with Gasteiger partial charge in [-0.05, 0) is 56.3 Å². The molecule has 2 heteroatoms. The molecule has 3 atom stereocenters. The fourth-order valence-electron chi connectivity index (χ4n) is 4.87. The Hall–Kier alpha value is -0.0800. The third-order valence-electron chi connectivity index (χ3n) is 5.74. The predicted molar refractivity (Wildman–Crippen MR) is 57.7 cm³/mol. The lowest BCUT2D eigenvalue weighted by Crippen LogP contribution is -2.79. The summed E-state index contributed by atoms with van der Waals surface area (Å²) in [5.41, 5.74) is 13.2. The quantitative estimate of drug-likeness (QED) is 0.616. The molecule has 4 aliphatic rings. The van der Waals surface area contributed by atoms with Crippen molar-refractivity contribution in [3.63, 3.8) is 0 Å². The second-order valence-electron chi connectivity index (χ2n) is 6.70. The second-order valence-corrected chi connectivity index (χ2v) is 6.70. The van der Waals surface area contributed by atoms with Crippen LogP contribution in [-0.4, -0.2) is 11.1 Å². The van der Waals surface area contributed by atoms with E-state index in [-0.39, 0.29) is 11.1 Å². The van der Waals surface area contributed by atoms with Gasteiger partial charge in [-0.15, -0.1) is 0 Å². The molecule has 4 N–H and O–H groups in total. The first-order chi connectivity index (χ1) is 6.36. The van der Waals surface area contributed by atoms with Crippen molar-refractivity contribution in [2.45, 2.75) is 57.0 Å². The van der Waals surface area contributed by atoms with Crippen LogP contribution in [0.25, 0.3) is 0 Å². The molecule has 0 aromatic heterocycles. The highest BCUT2D eigenvalue weighted by Gasteiger charge is 2.65. The Bertz CT molecular complexity index is 244. The monoisotopic (exact) mass is 194 g/mol. The lowest BCUT2D eigenvalue weighted by Gasteiger charge is -2.69. The maximum Gasteiger partial charge on any atom is 0.0363 e. The maximum atomic E-state index is 6.56. The molecule has 0 aromatic rings. The van der Waals surface area contributed by atoms with E-state index in [0.29, 0.717) is 5.41 Å². The van der Waals surface area contributed by atoms with Crippen LogP contribution in [0.1, 0.15) is 46.0 Å². The molecular formula is C12H22N2. The first-order valence-electron chi connectivity index (χ1n) is 5.94. The zero-order valence-electron chi connectivity index (χ0n) is 9.34. The highest BCUT2D eigenvalue weighted by atomic mass is 15.0. The molecule has 0 saturated heterocycles. The van der Waals surface area contributed by atoms with Crippen LogP contribution in [0.5, 0.6) is 0 Å². The van der Waals surface area contributed by atoms with Gasteiger partial charge in [0, 0.05) is 11.1 Å². The van der Waals surface area contributed by atoms with Gasteiger partial charge in [-0.3, -0.25) is 0 Å². The molecule has 0 aromatic carbocycles. The highest BCUT2D eigenvalue weighted by molar-refractivity contribution is 5.23. The van der Waals surface area contributed by atoms with Crippen LogP contribution in [-0.2, 0) is 0 Å². The Labute approximate surface area is 86.4 Å². The van der Waals surface area contributed by atoms with Gasteiger partial charge in [-0.25, -0.2) is 0 Å². The van der Waals surface area contributed by atoms with Gasteiger partial charge < -0.3 is 11.5 Å². The Balaban J connectivity index is 2.10. The van der Waals surface area contributed by atoms with Gasteiger partial charge in [0.05, 0.1) is 0 Å². The Morgan fingerprint density at radius 2 is 1.43 bits per heavy atom. The van der Waals surface area contributed by atoms with Crippen LogP contribution in [0, 0.1) is 17.3 Å². The Morgan fingerprint density at radius 3 is 1.86 bits per heavy atom. The summed E-state index contributed by atoms with van der Waals surface area (Å²) >= 11 is 0. The van der Waals surface area contributed by atoms with E-state index in [1.165, 1.54) is 32.1 Å². The van der Waals surface area contributed by atoms with Crippen LogP contribution in [0.4, 0.5) is 0 Å². The molecule has 4 aliphatic carbocycles. The van der Waals surface area contributed by atoms with Gasteiger partial charge in [0.2, 0.25) is 0 Å². The Morgan fingerprint density at radius 1 is 0.929 bits per heavy atom. The van der Waals surface area contributed by atoms with Gasteiger partial charge in [0.25, 0.3) is 0 Å². The molecular weight excluding hydrogens is 172 g/mol. The zero-order chi connectivity index (χ0) is 10.2. The molecule has 4 fully saturated rings. The van der Waals surface area contributed by atoms with Crippen molar-refractivity contribution in [1.29, 1.82) is 0 Å². The second kappa shape index (κ2) is 2.19. The van der Waals surface area contributed by atoms with Gasteiger partial charge in [-0.1, -0.05) is 6.92 Å². The smallest absolute Gasteiger partial charge is 0.0363 e. The first kappa shape index (κ1) is 9.17. The molecule has 0 spiro atoms. The van der Waals surface area contributed by atoms with Crippen LogP contribution in [0.2, 0.25) is 0 Å². The first-order valence-corrected chi connectivity index (χ1v) is 5.94. The third kappa shape index (κ3) is 0.809. The van der Waals surface area contributed by atoms with E-state index in [9.17, 15) is 0 Å². The van der Waals surface area contributed by atoms with E-state index in [0.717, 1.165) is 11.8 Å². The lowest BCUT2D eigenvalue weighted by molar-refractivity contribution is -0.122. The van der Waals surface area contributed by atoms with E-state index in [4.69, 9.17) is 11.5 Å². The van der Waals surface area contributed by atoms with Crippen molar-refractivity contribution < 1.29 is 0 Å². The van der Waals surface area contributed by atoms with Crippen molar-refractivity contribution >= 4 is 0 Å². The average Bonchev–Trinajstić information content (AvgIpc) is 1.98. The predicted octanol–water partition coefficient (Wildman–Crippen LogP) is 1.63. The molecule has 80 valence electrons. The van der Waals surface area contributed by atoms with Gasteiger partial charge in [0.1, 0.15) is 0 Å². The SMILES string of the molecule is CC12CC3CC(C1)CC(N)(C3)C2(C)N. The summed E-state index contributed by atoms with van der Waals surface area (Å²) in [5, 5.41) is 0. The zero-order valence-corrected chi connectivity index (χ0v) is 9.34. The van der Waals surface area contributed by atoms with Crippen molar-refractivity contribution in [2.24, 2.45) is 28.7 Å². The summed E-state index contributed by atoms with van der Waals surface area (Å²) in [6.07, 6.45) is 6.40. The number of nitrogens with two attached hydrogens (primary N) is 2.